The van der Waals surface area contributed by atoms with Gasteiger partial charge in [0.25, 0.3) is 0 Å². The van der Waals surface area contributed by atoms with Gasteiger partial charge >= 0.3 is 0 Å². The number of aromatic nitrogens is 2. The summed E-state index contributed by atoms with van der Waals surface area (Å²) in [4.78, 5) is 0. The molecule has 0 aromatic carbocycles. The highest BCUT2D eigenvalue weighted by Crippen LogP contribution is 2.43. The molecular weight excluding hydrogens is 296 g/mol. The summed E-state index contributed by atoms with van der Waals surface area (Å²) in [6, 6.07) is 0. The molecule has 1 N–H and O–H groups in total. The minimum absolute atomic E-state index is 0.255. The highest BCUT2D eigenvalue weighted by molar-refractivity contribution is 9.10. The maximum Gasteiger partial charge on any atom is 0.112 e. The van der Waals surface area contributed by atoms with E-state index in [0.29, 0.717) is 19.4 Å². The summed E-state index contributed by atoms with van der Waals surface area (Å²) in [5.74, 6) is 0. The van der Waals surface area contributed by atoms with E-state index in [0.717, 1.165) is 23.1 Å². The van der Waals surface area contributed by atoms with Crippen molar-refractivity contribution in [2.24, 2.45) is 0 Å². The fourth-order valence-corrected chi connectivity index (χ4v) is 3.38. The van der Waals surface area contributed by atoms with Gasteiger partial charge in [0.05, 0.1) is 28.6 Å². The third kappa shape index (κ3) is 2.36. The smallest absolute Gasteiger partial charge is 0.112 e. The molecule has 1 fully saturated rings. The van der Waals surface area contributed by atoms with E-state index in [1.807, 2.05) is 11.6 Å². The first-order chi connectivity index (χ1) is 8.44. The summed E-state index contributed by atoms with van der Waals surface area (Å²) < 4.78 is 8.56. The molecule has 18 heavy (non-hydrogen) atoms. The van der Waals surface area contributed by atoms with Crippen LogP contribution in [0.5, 0.6) is 0 Å². The first kappa shape index (κ1) is 14.0. The molecule has 0 saturated carbocycles. The predicted molar refractivity (Wildman–Crippen MR) is 73.4 cm³/mol. The highest BCUT2D eigenvalue weighted by atomic mass is 79.9. The average Bonchev–Trinajstić information content (AvgIpc) is 2.71. The fourth-order valence-electron chi connectivity index (χ4n) is 2.72. The van der Waals surface area contributed by atoms with Crippen LogP contribution in [0.2, 0.25) is 0 Å². The lowest BCUT2D eigenvalue weighted by molar-refractivity contribution is -0.160. The maximum atomic E-state index is 11.0. The molecule has 1 aliphatic rings. The van der Waals surface area contributed by atoms with Gasteiger partial charge in [-0.25, -0.2) is 0 Å². The molecule has 2 unspecified atom stereocenters. The first-order valence-electron chi connectivity index (χ1n) is 6.52. The molecule has 2 atom stereocenters. The van der Waals surface area contributed by atoms with Gasteiger partial charge in [-0.1, -0.05) is 6.92 Å². The maximum absolute atomic E-state index is 11.0. The minimum atomic E-state index is -0.853. The third-order valence-electron chi connectivity index (χ3n) is 3.92. The zero-order valence-electron chi connectivity index (χ0n) is 11.2. The van der Waals surface area contributed by atoms with Crippen molar-refractivity contribution in [3.63, 3.8) is 0 Å². The molecule has 1 aromatic rings. The summed E-state index contributed by atoms with van der Waals surface area (Å²) in [5, 5.41) is 15.3. The lowest BCUT2D eigenvalue weighted by Crippen LogP contribution is -2.46. The quantitative estimate of drug-likeness (QED) is 0.932. The van der Waals surface area contributed by atoms with Crippen molar-refractivity contribution in [2.75, 3.05) is 6.61 Å². The Balaban J connectivity index is 2.38. The third-order valence-corrected chi connectivity index (χ3v) is 4.50. The highest BCUT2D eigenvalue weighted by Gasteiger charge is 2.45. The molecule has 0 spiro atoms. The topological polar surface area (TPSA) is 47.3 Å². The first-order valence-corrected chi connectivity index (χ1v) is 7.31. The average molecular weight is 317 g/mol. The summed E-state index contributed by atoms with van der Waals surface area (Å²) in [6.45, 7) is 7.54. The van der Waals surface area contributed by atoms with E-state index in [1.54, 1.807) is 6.20 Å². The molecule has 0 radical (unpaired) electrons. The molecule has 1 aromatic heterocycles. The monoisotopic (exact) mass is 316 g/mol. The van der Waals surface area contributed by atoms with Crippen molar-refractivity contribution >= 4 is 15.9 Å². The van der Waals surface area contributed by atoms with Gasteiger partial charge in [0.1, 0.15) is 5.60 Å². The Bertz CT molecular complexity index is 435. The number of rotatable bonds is 3. The molecule has 0 aliphatic carbocycles. The van der Waals surface area contributed by atoms with Crippen molar-refractivity contribution in [1.82, 2.24) is 9.78 Å². The molecule has 2 rings (SSSR count). The van der Waals surface area contributed by atoms with Crippen LogP contribution in [0.3, 0.4) is 0 Å². The van der Waals surface area contributed by atoms with Gasteiger partial charge in [0, 0.05) is 19.4 Å². The second-order valence-electron chi connectivity index (χ2n) is 5.27. The Labute approximate surface area is 116 Å². The minimum Gasteiger partial charge on any atom is -0.383 e. The van der Waals surface area contributed by atoms with E-state index in [-0.39, 0.29) is 5.60 Å². The number of hydrogen-bond acceptors (Lipinski definition) is 3. The summed E-state index contributed by atoms with van der Waals surface area (Å²) in [7, 11) is 0. The van der Waals surface area contributed by atoms with Crippen LogP contribution in [0.15, 0.2) is 10.7 Å². The van der Waals surface area contributed by atoms with E-state index in [1.165, 1.54) is 0 Å². The molecule has 0 bridgehead atoms. The van der Waals surface area contributed by atoms with E-state index in [9.17, 15) is 5.11 Å². The normalized spacial score (nSPS) is 32.7. The summed E-state index contributed by atoms with van der Waals surface area (Å²) in [6.07, 6.45) is 3.89. The molecule has 102 valence electrons. The number of hydrogen-bond donors (Lipinski definition) is 1. The summed E-state index contributed by atoms with van der Waals surface area (Å²) in [5.41, 5.74) is -0.225. The van der Waals surface area contributed by atoms with Crippen LogP contribution in [-0.2, 0) is 16.9 Å². The molecule has 4 nitrogen and oxygen atoms in total. The van der Waals surface area contributed by atoms with Gasteiger partial charge in [0.2, 0.25) is 0 Å². The van der Waals surface area contributed by atoms with Gasteiger partial charge in [-0.05, 0) is 36.2 Å². The Kier molecular flexibility index (Phi) is 3.85. The van der Waals surface area contributed by atoms with E-state index < -0.39 is 5.60 Å². The number of aliphatic hydroxyl groups is 1. The zero-order chi connectivity index (χ0) is 13.4. The zero-order valence-corrected chi connectivity index (χ0v) is 12.8. The van der Waals surface area contributed by atoms with Gasteiger partial charge in [-0.15, -0.1) is 0 Å². The van der Waals surface area contributed by atoms with Crippen LogP contribution >= 0.6 is 15.9 Å². The van der Waals surface area contributed by atoms with Crippen molar-refractivity contribution in [3.05, 3.63) is 16.4 Å². The van der Waals surface area contributed by atoms with Crippen LogP contribution in [0.1, 0.15) is 45.7 Å². The van der Waals surface area contributed by atoms with Crippen LogP contribution in [-0.4, -0.2) is 27.1 Å². The Morgan fingerprint density at radius 2 is 2.28 bits per heavy atom. The van der Waals surface area contributed by atoms with Crippen LogP contribution in [0.25, 0.3) is 0 Å². The Morgan fingerprint density at radius 3 is 2.89 bits per heavy atom. The van der Waals surface area contributed by atoms with Crippen molar-refractivity contribution in [1.29, 1.82) is 0 Å². The molecule has 2 heterocycles. The second-order valence-corrected chi connectivity index (χ2v) is 6.12. The number of nitrogens with zero attached hydrogens (tertiary/aromatic N) is 2. The van der Waals surface area contributed by atoms with E-state index >= 15 is 0 Å². The predicted octanol–water partition coefficient (Wildman–Crippen LogP) is 2.83. The van der Waals surface area contributed by atoms with Crippen LogP contribution in [0, 0.1) is 0 Å². The molecular formula is C13H21BrN2O2. The van der Waals surface area contributed by atoms with Gasteiger partial charge < -0.3 is 9.84 Å². The van der Waals surface area contributed by atoms with E-state index in [4.69, 9.17) is 4.74 Å². The van der Waals surface area contributed by atoms with Crippen molar-refractivity contribution in [3.8, 4) is 0 Å². The lowest BCUT2D eigenvalue weighted by Gasteiger charge is -2.43. The van der Waals surface area contributed by atoms with Crippen LogP contribution < -0.4 is 0 Å². The number of ether oxygens (including phenoxy) is 1. The molecule has 0 amide bonds. The van der Waals surface area contributed by atoms with Gasteiger partial charge in [-0.3, -0.25) is 4.68 Å². The number of aryl methyl sites for hydroxylation is 1. The summed E-state index contributed by atoms with van der Waals surface area (Å²) >= 11 is 3.50. The SMILES string of the molecule is CCn1ncc(Br)c1C1(O)CCOC(C)(CC)C1. The van der Waals surface area contributed by atoms with Crippen molar-refractivity contribution in [2.45, 2.75) is 57.8 Å². The Hall–Kier alpha value is -0.390. The van der Waals surface area contributed by atoms with Gasteiger partial charge in [0.15, 0.2) is 0 Å². The molecule has 1 saturated heterocycles. The van der Waals surface area contributed by atoms with Crippen LogP contribution in [0.4, 0.5) is 0 Å². The molecule has 1 aliphatic heterocycles. The second kappa shape index (κ2) is 4.94. The Morgan fingerprint density at radius 1 is 1.56 bits per heavy atom. The van der Waals surface area contributed by atoms with Crippen molar-refractivity contribution < 1.29 is 9.84 Å². The lowest BCUT2D eigenvalue weighted by atomic mass is 9.80. The fraction of sp³-hybridized carbons (Fsp3) is 0.769. The standard InChI is InChI=1S/C13H21BrN2O2/c1-4-12(3)9-13(17,6-7-18-12)11-10(14)8-15-16(11)5-2/h8,17H,4-7,9H2,1-3H3. The van der Waals surface area contributed by atoms with Gasteiger partial charge in [-0.2, -0.15) is 5.10 Å². The number of halogens is 1. The largest absolute Gasteiger partial charge is 0.383 e. The molecule has 5 heteroatoms. The van der Waals surface area contributed by atoms with E-state index in [2.05, 4.69) is 34.9 Å².